The summed E-state index contributed by atoms with van der Waals surface area (Å²) in [5, 5.41) is 11.9. The highest BCUT2D eigenvalue weighted by atomic mass is 16.6. The van der Waals surface area contributed by atoms with E-state index >= 15 is 0 Å². The van der Waals surface area contributed by atoms with E-state index in [-0.39, 0.29) is 43.8 Å². The maximum absolute atomic E-state index is 13.3. The predicted octanol–water partition coefficient (Wildman–Crippen LogP) is 7.59. The van der Waals surface area contributed by atoms with Crippen molar-refractivity contribution >= 4 is 35.9 Å². The number of hydrazine groups is 2. The topological polar surface area (TPSA) is 190 Å². The highest BCUT2D eigenvalue weighted by Gasteiger charge is 2.34. The van der Waals surface area contributed by atoms with Crippen molar-refractivity contribution in [2.24, 2.45) is 0 Å². The zero-order valence-electron chi connectivity index (χ0n) is 37.8. The molecule has 3 N–H and O–H groups in total. The Hall–Kier alpha value is -6.90. The fraction of sp³-hybridized carbons (Fsp3) is 0.388. The second-order valence-corrected chi connectivity index (χ2v) is 17.7. The second-order valence-electron chi connectivity index (χ2n) is 17.7. The van der Waals surface area contributed by atoms with Crippen molar-refractivity contribution in [1.82, 2.24) is 20.9 Å². The van der Waals surface area contributed by atoms with Crippen LogP contribution in [0.3, 0.4) is 0 Å². The normalized spacial score (nSPS) is 14.9. The Bertz CT molecular complexity index is 2430. The number of rotatable bonds is 6. The number of aldehydes is 1. The molecule has 2 atom stereocenters. The van der Waals surface area contributed by atoms with Gasteiger partial charge in [0.1, 0.15) is 13.2 Å². The van der Waals surface area contributed by atoms with Gasteiger partial charge >= 0.3 is 5.97 Å². The zero-order valence-corrected chi connectivity index (χ0v) is 37.8. The van der Waals surface area contributed by atoms with Crippen molar-refractivity contribution in [3.05, 3.63) is 116 Å². The molecule has 0 aromatic heterocycles. The van der Waals surface area contributed by atoms with Crippen LogP contribution >= 0.6 is 0 Å². The van der Waals surface area contributed by atoms with E-state index in [2.05, 4.69) is 10.9 Å². The van der Waals surface area contributed by atoms with E-state index in [0.717, 1.165) is 22.3 Å². The number of hydrogen-bond acceptors (Lipinski definition) is 10. The first-order valence-electron chi connectivity index (χ1n) is 20.4. The van der Waals surface area contributed by atoms with Crippen LogP contribution in [-0.4, -0.2) is 87.5 Å². The molecule has 0 fully saturated rings. The lowest BCUT2D eigenvalue weighted by Gasteiger charge is -2.36. The van der Waals surface area contributed by atoms with Crippen molar-refractivity contribution in [1.29, 1.82) is 0 Å². The molecule has 0 bridgehead atoms. The Morgan fingerprint density at radius 2 is 0.984 bits per heavy atom. The van der Waals surface area contributed by atoms with Crippen LogP contribution in [0.25, 0.3) is 0 Å². The molecule has 4 amide bonds. The summed E-state index contributed by atoms with van der Waals surface area (Å²) in [6.07, 6.45) is -1.21. The summed E-state index contributed by atoms with van der Waals surface area (Å²) in [4.78, 5) is 75.3. The Morgan fingerprint density at radius 1 is 0.609 bits per heavy atom. The molecule has 4 aromatic carbocycles. The van der Waals surface area contributed by atoms with Gasteiger partial charge in [0.2, 0.25) is 6.10 Å². The monoisotopic (exact) mass is 880 g/mol. The summed E-state index contributed by atoms with van der Waals surface area (Å²) in [5.74, 6) is -1.34. The molecule has 15 heteroatoms. The zero-order chi connectivity index (χ0) is 46.7. The van der Waals surface area contributed by atoms with Crippen LogP contribution in [0.4, 0.5) is 0 Å². The fourth-order valence-corrected chi connectivity index (χ4v) is 7.06. The van der Waals surface area contributed by atoms with Gasteiger partial charge in [-0.25, -0.2) is 14.8 Å². The Balaban J connectivity index is 0.000000276. The lowest BCUT2D eigenvalue weighted by Crippen LogP contribution is -2.56. The summed E-state index contributed by atoms with van der Waals surface area (Å²) in [6.45, 7) is 22.1. The third-order valence-electron chi connectivity index (χ3n) is 10.1. The number of nitrogens with one attached hydrogen (secondary N) is 2. The fourth-order valence-electron chi connectivity index (χ4n) is 7.06. The van der Waals surface area contributed by atoms with Gasteiger partial charge in [-0.1, -0.05) is 41.8 Å². The molecule has 0 saturated heterocycles. The van der Waals surface area contributed by atoms with E-state index in [1.807, 2.05) is 81.4 Å². The number of benzene rings is 4. The molecule has 15 nitrogen and oxygen atoms in total. The number of nitrogens with zero attached hydrogens (tertiary/aromatic N) is 2. The maximum Gasteiger partial charge on any atom is 0.348 e. The standard InChI is InChI=1S/C24H28N2O6.C24H28N2O5.CH4/c1-13-9-14(2)11-16(10-13)22(28)26(24(4,5)6)25-21(27)17-7-8-18-20(15(17)3)32-19(12-31-18)23(29)30;1-14-9-15(2)11-17(10-14)23(29)26(24(4,5)6)25-22(28)19-7-8-20-21(16(19)3)31-18(12-27)13-30-20;/h7-11,19H,12H2,1-6H3,(H,25,27)(H,29,30);7-12,18H,13H2,1-6H3,(H,25,28);1H4/t19-;18-;/m10./s1. The molecule has 0 aliphatic carbocycles. The molecule has 2 aliphatic heterocycles. The lowest BCUT2D eigenvalue weighted by molar-refractivity contribution is -0.147. The summed E-state index contributed by atoms with van der Waals surface area (Å²) in [5.41, 5.74) is 10.5. The van der Waals surface area contributed by atoms with Crippen LogP contribution in [-0.2, 0) is 9.59 Å². The third-order valence-corrected chi connectivity index (χ3v) is 10.1. The molecule has 6 rings (SSSR count). The minimum absolute atomic E-state index is 0. The molecule has 2 heterocycles. The molecule has 0 radical (unpaired) electrons. The maximum atomic E-state index is 13.3. The summed E-state index contributed by atoms with van der Waals surface area (Å²) in [7, 11) is 0. The predicted molar refractivity (Wildman–Crippen MR) is 241 cm³/mol. The SMILES string of the molecule is C.Cc1cc(C)cc(C(=O)N(NC(=O)c2ccc3c(c2C)O[C@@H](C(=O)O)CO3)C(C)(C)C)c1.Cc1cc(C)cc(C(=O)N(NC(=O)c2ccc3c(c2C)O[C@@H](C=O)CO3)C(C)(C)C)c1. The smallest absolute Gasteiger partial charge is 0.348 e. The van der Waals surface area contributed by atoms with Crippen LogP contribution in [0.5, 0.6) is 23.0 Å². The number of hydrogen-bond donors (Lipinski definition) is 3. The first-order valence-corrected chi connectivity index (χ1v) is 20.4. The minimum Gasteiger partial charge on any atom is -0.485 e. The number of aliphatic carboxylic acids is 1. The van der Waals surface area contributed by atoms with Gasteiger partial charge < -0.3 is 24.1 Å². The van der Waals surface area contributed by atoms with Crippen LogP contribution in [0.15, 0.2) is 60.7 Å². The van der Waals surface area contributed by atoms with Crippen LogP contribution in [0.1, 0.15) is 124 Å². The average Bonchev–Trinajstić information content (AvgIpc) is 3.20. The summed E-state index contributed by atoms with van der Waals surface area (Å²) < 4.78 is 22.2. The van der Waals surface area contributed by atoms with Gasteiger partial charge in [0.05, 0.1) is 11.1 Å². The molecule has 2 aliphatic rings. The molecule has 0 spiro atoms. The molecule has 64 heavy (non-hydrogen) atoms. The van der Waals surface area contributed by atoms with Crippen molar-refractivity contribution in [3.63, 3.8) is 0 Å². The first-order chi connectivity index (χ1) is 29.4. The van der Waals surface area contributed by atoms with E-state index in [1.54, 1.807) is 62.4 Å². The van der Waals surface area contributed by atoms with Crippen LogP contribution < -0.4 is 29.8 Å². The van der Waals surface area contributed by atoms with Crippen molar-refractivity contribution in [2.45, 2.75) is 114 Å². The van der Waals surface area contributed by atoms with Crippen LogP contribution in [0, 0.1) is 41.5 Å². The average molecular weight is 881 g/mol. The van der Waals surface area contributed by atoms with Gasteiger partial charge in [-0.2, -0.15) is 0 Å². The largest absolute Gasteiger partial charge is 0.485 e. The van der Waals surface area contributed by atoms with Crippen molar-refractivity contribution < 1.29 is 52.8 Å². The molecule has 342 valence electrons. The van der Waals surface area contributed by atoms with E-state index < -0.39 is 41.1 Å². The minimum atomic E-state index is -1.16. The van der Waals surface area contributed by atoms with Gasteiger partial charge in [0, 0.05) is 33.4 Å². The van der Waals surface area contributed by atoms with Gasteiger partial charge in [0.15, 0.2) is 35.4 Å². The van der Waals surface area contributed by atoms with E-state index in [9.17, 15) is 33.9 Å². The number of ether oxygens (including phenoxy) is 4. The highest BCUT2D eigenvalue weighted by Crippen LogP contribution is 2.38. The van der Waals surface area contributed by atoms with Crippen molar-refractivity contribution in [3.8, 4) is 23.0 Å². The number of carbonyl (C=O) groups is 6. The molecule has 0 unspecified atom stereocenters. The molecule has 0 saturated carbocycles. The lowest BCUT2D eigenvalue weighted by atomic mass is 10.0. The van der Waals surface area contributed by atoms with Gasteiger partial charge in [-0.15, -0.1) is 0 Å². The molecular weight excluding hydrogens is 821 g/mol. The van der Waals surface area contributed by atoms with E-state index in [4.69, 9.17) is 18.9 Å². The quantitative estimate of drug-likeness (QED) is 0.128. The first kappa shape index (κ1) is 49.8. The highest BCUT2D eigenvalue weighted by molar-refractivity contribution is 6.02. The number of amides is 4. The van der Waals surface area contributed by atoms with E-state index in [1.165, 1.54) is 10.0 Å². The second kappa shape index (κ2) is 19.7. The molecular formula is C49H60N4O11. The van der Waals surface area contributed by atoms with E-state index in [0.29, 0.717) is 51.4 Å². The number of carbonyl (C=O) groups excluding carboxylic acids is 5. The Labute approximate surface area is 375 Å². The molecule has 4 aromatic rings. The third kappa shape index (κ3) is 11.4. The van der Waals surface area contributed by atoms with Crippen LogP contribution in [0.2, 0.25) is 0 Å². The van der Waals surface area contributed by atoms with Gasteiger partial charge in [-0.05, 0) is 132 Å². The number of carboxylic acids is 1. The number of carboxylic acid groups (broad SMARTS) is 1. The number of aryl methyl sites for hydroxylation is 4. The Morgan fingerprint density at radius 3 is 1.34 bits per heavy atom. The van der Waals surface area contributed by atoms with Gasteiger partial charge in [0.25, 0.3) is 23.6 Å². The van der Waals surface area contributed by atoms with Crippen molar-refractivity contribution in [2.75, 3.05) is 13.2 Å². The Kier molecular flexibility index (Phi) is 15.3. The summed E-state index contributed by atoms with van der Waals surface area (Å²) >= 11 is 0. The summed E-state index contributed by atoms with van der Waals surface area (Å²) in [6, 6.07) is 17.5. The van der Waals surface area contributed by atoms with Gasteiger partial charge in [-0.3, -0.25) is 34.8 Å². The number of fused-ring (bicyclic) bond motifs is 2.